The number of carbonyl (C=O) groups excluding carboxylic acids is 1. The highest BCUT2D eigenvalue weighted by molar-refractivity contribution is 5.85. The lowest BCUT2D eigenvalue weighted by Crippen LogP contribution is -2.41. The molecule has 1 aliphatic carbocycles. The molecule has 1 saturated carbocycles. The van der Waals surface area contributed by atoms with E-state index in [0.717, 1.165) is 19.3 Å². The summed E-state index contributed by atoms with van der Waals surface area (Å²) in [5.41, 5.74) is -0.891. The molecule has 0 unspecified atom stereocenters. The minimum Gasteiger partial charge on any atom is -0.481 e. The van der Waals surface area contributed by atoms with E-state index in [1.165, 1.54) is 14.2 Å². The van der Waals surface area contributed by atoms with Crippen LogP contribution in [0.15, 0.2) is 0 Å². The Morgan fingerprint density at radius 1 is 1.21 bits per heavy atom. The van der Waals surface area contributed by atoms with Gasteiger partial charge in [-0.25, -0.2) is 0 Å². The molecule has 0 spiro atoms. The average molecular weight is 273 g/mol. The van der Waals surface area contributed by atoms with Gasteiger partial charge in [0.05, 0.1) is 12.0 Å². The normalized spacial score (nSPS) is 18.3. The van der Waals surface area contributed by atoms with Crippen molar-refractivity contribution in [2.45, 2.75) is 44.8 Å². The fourth-order valence-corrected chi connectivity index (χ4v) is 2.52. The summed E-state index contributed by atoms with van der Waals surface area (Å²) >= 11 is 0. The van der Waals surface area contributed by atoms with Crippen molar-refractivity contribution in [2.24, 2.45) is 5.41 Å². The van der Waals surface area contributed by atoms with Gasteiger partial charge >= 0.3 is 5.97 Å². The Morgan fingerprint density at radius 2 is 1.79 bits per heavy atom. The van der Waals surface area contributed by atoms with Crippen LogP contribution in [0.2, 0.25) is 0 Å². The van der Waals surface area contributed by atoms with Gasteiger partial charge in [0.1, 0.15) is 0 Å². The number of amides is 1. The van der Waals surface area contributed by atoms with Gasteiger partial charge < -0.3 is 19.9 Å². The molecule has 0 radical (unpaired) electrons. The van der Waals surface area contributed by atoms with Crippen LogP contribution in [0.4, 0.5) is 0 Å². The van der Waals surface area contributed by atoms with Crippen molar-refractivity contribution >= 4 is 11.9 Å². The summed E-state index contributed by atoms with van der Waals surface area (Å²) in [6.45, 7) is 0.224. The molecule has 2 N–H and O–H groups in total. The molecule has 19 heavy (non-hydrogen) atoms. The molecule has 0 heterocycles. The number of carboxylic acid groups (broad SMARTS) is 1. The first kappa shape index (κ1) is 15.9. The van der Waals surface area contributed by atoms with Gasteiger partial charge in [-0.2, -0.15) is 0 Å². The molecule has 1 amide bonds. The van der Waals surface area contributed by atoms with Crippen LogP contribution in [-0.4, -0.2) is 44.0 Å². The fourth-order valence-electron chi connectivity index (χ4n) is 2.52. The number of methoxy groups -OCH3 is 2. The second-order valence-corrected chi connectivity index (χ2v) is 5.03. The van der Waals surface area contributed by atoms with Gasteiger partial charge in [0.25, 0.3) is 0 Å². The molecule has 0 saturated heterocycles. The van der Waals surface area contributed by atoms with Crippen molar-refractivity contribution in [3.63, 3.8) is 0 Å². The third-order valence-corrected chi connectivity index (χ3v) is 3.75. The second kappa shape index (κ2) is 7.45. The summed E-state index contributed by atoms with van der Waals surface area (Å²) in [6, 6.07) is 0. The SMILES string of the molecule is COC(CNC(=O)CC1(C(=O)O)CCCCC1)OC. The number of ether oxygens (including phenoxy) is 2. The van der Waals surface area contributed by atoms with E-state index in [9.17, 15) is 14.7 Å². The van der Waals surface area contributed by atoms with E-state index in [2.05, 4.69) is 5.32 Å². The van der Waals surface area contributed by atoms with Gasteiger partial charge in [-0.05, 0) is 12.8 Å². The van der Waals surface area contributed by atoms with Crippen LogP contribution in [0.5, 0.6) is 0 Å². The number of hydrogen-bond acceptors (Lipinski definition) is 4. The number of carboxylic acids is 1. The highest BCUT2D eigenvalue weighted by atomic mass is 16.7. The van der Waals surface area contributed by atoms with Crippen molar-refractivity contribution in [3.8, 4) is 0 Å². The third-order valence-electron chi connectivity index (χ3n) is 3.75. The predicted molar refractivity (Wildman–Crippen MR) is 68.6 cm³/mol. The van der Waals surface area contributed by atoms with Crippen molar-refractivity contribution < 1.29 is 24.2 Å². The summed E-state index contributed by atoms with van der Waals surface area (Å²) in [5, 5.41) is 12.0. The van der Waals surface area contributed by atoms with Gasteiger partial charge in [0.2, 0.25) is 5.91 Å². The van der Waals surface area contributed by atoms with Gasteiger partial charge in [-0.3, -0.25) is 9.59 Å². The molecule has 1 aliphatic rings. The molecule has 1 rings (SSSR count). The molecular formula is C13H23NO5. The molecule has 6 nitrogen and oxygen atoms in total. The zero-order valence-electron chi connectivity index (χ0n) is 11.6. The average Bonchev–Trinajstić information content (AvgIpc) is 2.40. The lowest BCUT2D eigenvalue weighted by atomic mass is 9.71. The lowest BCUT2D eigenvalue weighted by Gasteiger charge is -2.32. The maximum Gasteiger partial charge on any atom is 0.310 e. The van der Waals surface area contributed by atoms with E-state index in [0.29, 0.717) is 12.8 Å². The van der Waals surface area contributed by atoms with E-state index >= 15 is 0 Å². The molecule has 0 aromatic rings. The maximum atomic E-state index is 11.9. The van der Waals surface area contributed by atoms with Gasteiger partial charge in [0.15, 0.2) is 6.29 Å². The van der Waals surface area contributed by atoms with Gasteiger partial charge in [-0.15, -0.1) is 0 Å². The third kappa shape index (κ3) is 4.47. The lowest BCUT2D eigenvalue weighted by molar-refractivity contribution is -0.154. The summed E-state index contributed by atoms with van der Waals surface area (Å²) in [4.78, 5) is 23.3. The largest absolute Gasteiger partial charge is 0.481 e. The Labute approximate surface area is 113 Å². The van der Waals surface area contributed by atoms with Crippen LogP contribution in [0.25, 0.3) is 0 Å². The Kier molecular flexibility index (Phi) is 6.24. The number of aliphatic carboxylic acids is 1. The van der Waals surface area contributed by atoms with Crippen molar-refractivity contribution in [1.29, 1.82) is 0 Å². The summed E-state index contributed by atoms with van der Waals surface area (Å²) in [7, 11) is 2.97. The van der Waals surface area contributed by atoms with Crippen LogP contribution in [-0.2, 0) is 19.1 Å². The first-order chi connectivity index (χ1) is 9.04. The molecule has 0 atom stereocenters. The second-order valence-electron chi connectivity index (χ2n) is 5.03. The Hall–Kier alpha value is -1.14. The van der Waals surface area contributed by atoms with Crippen molar-refractivity contribution in [2.75, 3.05) is 20.8 Å². The minimum absolute atomic E-state index is 0.0302. The zero-order valence-corrected chi connectivity index (χ0v) is 11.6. The highest BCUT2D eigenvalue weighted by Gasteiger charge is 2.41. The molecule has 1 fully saturated rings. The Morgan fingerprint density at radius 3 is 2.26 bits per heavy atom. The number of carbonyl (C=O) groups is 2. The van der Waals surface area contributed by atoms with Crippen LogP contribution >= 0.6 is 0 Å². The van der Waals surface area contributed by atoms with Crippen LogP contribution in [0, 0.1) is 5.41 Å². The standard InChI is InChI=1S/C13H23NO5/c1-18-11(19-2)9-14-10(15)8-13(12(16)17)6-4-3-5-7-13/h11H,3-9H2,1-2H3,(H,14,15)(H,16,17). The van der Waals surface area contributed by atoms with Gasteiger partial charge in [-0.1, -0.05) is 19.3 Å². The van der Waals surface area contributed by atoms with E-state index in [4.69, 9.17) is 9.47 Å². The van der Waals surface area contributed by atoms with E-state index in [-0.39, 0.29) is 18.9 Å². The highest BCUT2D eigenvalue weighted by Crippen LogP contribution is 2.39. The minimum atomic E-state index is -0.891. The van der Waals surface area contributed by atoms with E-state index in [1.54, 1.807) is 0 Å². The Balaban J connectivity index is 2.50. The first-order valence-corrected chi connectivity index (χ1v) is 6.60. The number of rotatable bonds is 7. The van der Waals surface area contributed by atoms with Crippen LogP contribution in [0.1, 0.15) is 38.5 Å². The van der Waals surface area contributed by atoms with Crippen LogP contribution < -0.4 is 5.32 Å². The zero-order chi connectivity index (χ0) is 14.3. The van der Waals surface area contributed by atoms with Gasteiger partial charge in [0, 0.05) is 20.6 Å². The molecule has 0 aromatic heterocycles. The maximum absolute atomic E-state index is 11.9. The summed E-state index contributed by atoms with van der Waals surface area (Å²) < 4.78 is 9.92. The molecule has 0 aromatic carbocycles. The quantitative estimate of drug-likeness (QED) is 0.680. The number of hydrogen-bond donors (Lipinski definition) is 2. The van der Waals surface area contributed by atoms with E-state index in [1.807, 2.05) is 0 Å². The first-order valence-electron chi connectivity index (χ1n) is 6.60. The smallest absolute Gasteiger partial charge is 0.310 e. The van der Waals surface area contributed by atoms with Crippen molar-refractivity contribution in [3.05, 3.63) is 0 Å². The Bertz CT molecular complexity index is 308. The molecule has 0 bridgehead atoms. The molecule has 110 valence electrons. The molecule has 0 aliphatic heterocycles. The number of nitrogens with one attached hydrogen (secondary N) is 1. The van der Waals surface area contributed by atoms with E-state index < -0.39 is 17.7 Å². The molecular weight excluding hydrogens is 250 g/mol. The summed E-state index contributed by atoms with van der Waals surface area (Å²) in [6.07, 6.45) is 3.48. The topological polar surface area (TPSA) is 84.9 Å². The molecule has 6 heteroatoms. The fraction of sp³-hybridized carbons (Fsp3) is 0.846. The summed E-state index contributed by atoms with van der Waals surface area (Å²) in [5.74, 6) is -1.12. The van der Waals surface area contributed by atoms with Crippen LogP contribution in [0.3, 0.4) is 0 Å². The predicted octanol–water partition coefficient (Wildman–Crippen LogP) is 1.15. The monoisotopic (exact) mass is 273 g/mol. The van der Waals surface area contributed by atoms with Crippen molar-refractivity contribution in [1.82, 2.24) is 5.32 Å².